The van der Waals surface area contributed by atoms with E-state index in [1.807, 2.05) is 0 Å². The maximum absolute atomic E-state index is 10.7. The van der Waals surface area contributed by atoms with Crippen LogP contribution in [0.2, 0.25) is 0 Å². The molecular weight excluding hydrogens is 216 g/mol. The Morgan fingerprint density at radius 3 is 1.94 bits per heavy atom. The number of nitrogens with zero attached hydrogens (tertiary/aromatic N) is 2. The molecule has 1 aromatic carbocycles. The first-order chi connectivity index (χ1) is 7.47. The number of nitro groups is 2. The minimum Gasteiger partial charge on any atom is -0.482 e. The molecule has 0 heterocycles. The molecule has 0 aliphatic carbocycles. The summed E-state index contributed by atoms with van der Waals surface area (Å²) in [4.78, 5) is 20.1. The summed E-state index contributed by atoms with van der Waals surface area (Å²) in [6.07, 6.45) is 0. The minimum atomic E-state index is -0.689. The molecule has 86 valence electrons. The van der Waals surface area contributed by atoms with Gasteiger partial charge in [0.05, 0.1) is 16.5 Å². The summed E-state index contributed by atoms with van der Waals surface area (Å²) in [7, 11) is 0. The number of ether oxygens (including phenoxy) is 1. The van der Waals surface area contributed by atoms with Gasteiger partial charge in [-0.2, -0.15) is 0 Å². The van der Waals surface area contributed by atoms with Crippen LogP contribution in [0, 0.1) is 27.2 Å². The average Bonchev–Trinajstić information content (AvgIpc) is 2.19. The fourth-order valence-electron chi connectivity index (χ4n) is 1.30. The standard InChI is InChI=1S/C9H10N2O5/c1-3-16-9-7(10(12)13)4-6(2)5-8(9)11(14)15/h4-5H,3H2,1-2H3. The van der Waals surface area contributed by atoms with Crippen molar-refractivity contribution in [3.05, 3.63) is 37.9 Å². The van der Waals surface area contributed by atoms with Gasteiger partial charge in [-0.1, -0.05) is 0 Å². The summed E-state index contributed by atoms with van der Waals surface area (Å²) in [5.41, 5.74) is -0.316. The van der Waals surface area contributed by atoms with Crippen LogP contribution < -0.4 is 4.74 Å². The van der Waals surface area contributed by atoms with Gasteiger partial charge in [-0.25, -0.2) is 0 Å². The van der Waals surface area contributed by atoms with Gasteiger partial charge >= 0.3 is 11.4 Å². The third kappa shape index (κ3) is 2.25. The Kier molecular flexibility index (Phi) is 3.39. The molecule has 0 unspecified atom stereocenters. The van der Waals surface area contributed by atoms with E-state index in [4.69, 9.17) is 4.74 Å². The summed E-state index contributed by atoms with van der Waals surface area (Å²) in [5, 5.41) is 21.5. The number of rotatable bonds is 4. The molecule has 0 saturated carbocycles. The highest BCUT2D eigenvalue weighted by Gasteiger charge is 2.27. The lowest BCUT2D eigenvalue weighted by Crippen LogP contribution is -2.02. The predicted molar refractivity (Wildman–Crippen MR) is 55.7 cm³/mol. The van der Waals surface area contributed by atoms with E-state index in [9.17, 15) is 20.2 Å². The van der Waals surface area contributed by atoms with Crippen LogP contribution in [0.1, 0.15) is 12.5 Å². The van der Waals surface area contributed by atoms with E-state index < -0.39 is 9.85 Å². The highest BCUT2D eigenvalue weighted by Crippen LogP contribution is 2.37. The summed E-state index contributed by atoms with van der Waals surface area (Å²) in [6.45, 7) is 3.29. The van der Waals surface area contributed by atoms with Crippen molar-refractivity contribution >= 4 is 11.4 Å². The first kappa shape index (κ1) is 11.9. The summed E-state index contributed by atoms with van der Waals surface area (Å²) < 4.78 is 4.96. The molecule has 1 aromatic rings. The van der Waals surface area contributed by atoms with Crippen LogP contribution in [-0.2, 0) is 0 Å². The van der Waals surface area contributed by atoms with Gasteiger partial charge in [-0.3, -0.25) is 20.2 Å². The Bertz CT molecular complexity index is 409. The van der Waals surface area contributed by atoms with Crippen molar-refractivity contribution in [2.45, 2.75) is 13.8 Å². The van der Waals surface area contributed by atoms with E-state index in [1.165, 1.54) is 12.1 Å². The second-order valence-corrected chi connectivity index (χ2v) is 3.08. The topological polar surface area (TPSA) is 95.5 Å². The van der Waals surface area contributed by atoms with Gasteiger partial charge in [0.15, 0.2) is 0 Å². The van der Waals surface area contributed by atoms with E-state index in [1.54, 1.807) is 13.8 Å². The maximum atomic E-state index is 10.7. The second kappa shape index (κ2) is 4.56. The van der Waals surface area contributed by atoms with Crippen molar-refractivity contribution < 1.29 is 14.6 Å². The van der Waals surface area contributed by atoms with Crippen molar-refractivity contribution in [2.24, 2.45) is 0 Å². The van der Waals surface area contributed by atoms with E-state index in [2.05, 4.69) is 0 Å². The molecule has 0 spiro atoms. The van der Waals surface area contributed by atoms with Crippen molar-refractivity contribution in [3.63, 3.8) is 0 Å². The number of hydrogen-bond donors (Lipinski definition) is 0. The molecule has 0 aliphatic rings. The highest BCUT2D eigenvalue weighted by atomic mass is 16.6. The molecule has 0 aromatic heterocycles. The zero-order valence-corrected chi connectivity index (χ0v) is 8.80. The quantitative estimate of drug-likeness (QED) is 0.579. The molecule has 0 N–H and O–H groups in total. The van der Waals surface area contributed by atoms with Gasteiger partial charge in [-0.15, -0.1) is 0 Å². The zero-order chi connectivity index (χ0) is 12.3. The van der Waals surface area contributed by atoms with Gasteiger partial charge in [0.1, 0.15) is 0 Å². The van der Waals surface area contributed by atoms with E-state index >= 15 is 0 Å². The molecule has 0 atom stereocenters. The lowest BCUT2D eigenvalue weighted by atomic mass is 10.2. The predicted octanol–water partition coefficient (Wildman–Crippen LogP) is 2.21. The van der Waals surface area contributed by atoms with Crippen LogP contribution in [-0.4, -0.2) is 16.5 Å². The van der Waals surface area contributed by atoms with Crippen LogP contribution in [0.5, 0.6) is 5.75 Å². The summed E-state index contributed by atoms with van der Waals surface area (Å²) in [5.74, 6) is -0.289. The number of benzene rings is 1. The maximum Gasteiger partial charge on any atom is 0.318 e. The molecule has 16 heavy (non-hydrogen) atoms. The van der Waals surface area contributed by atoms with Crippen molar-refractivity contribution in [3.8, 4) is 5.75 Å². The molecule has 7 heteroatoms. The second-order valence-electron chi connectivity index (χ2n) is 3.08. The first-order valence-corrected chi connectivity index (χ1v) is 4.53. The molecule has 0 fully saturated rings. The van der Waals surface area contributed by atoms with Crippen LogP contribution in [0.4, 0.5) is 11.4 Å². The van der Waals surface area contributed by atoms with Gasteiger partial charge in [0.25, 0.3) is 5.75 Å². The Hall–Kier alpha value is -2.18. The fraction of sp³-hybridized carbons (Fsp3) is 0.333. The van der Waals surface area contributed by atoms with Gasteiger partial charge < -0.3 is 4.74 Å². The Labute approximate surface area is 90.9 Å². The monoisotopic (exact) mass is 226 g/mol. The zero-order valence-electron chi connectivity index (χ0n) is 8.80. The molecule has 0 aliphatic heterocycles. The van der Waals surface area contributed by atoms with Crippen LogP contribution >= 0.6 is 0 Å². The van der Waals surface area contributed by atoms with E-state index in [0.717, 1.165) is 0 Å². The third-order valence-electron chi connectivity index (χ3n) is 1.88. The summed E-state index contributed by atoms with van der Waals surface area (Å²) in [6, 6.07) is 2.50. The molecule has 1 rings (SSSR count). The highest BCUT2D eigenvalue weighted by molar-refractivity contribution is 5.61. The van der Waals surface area contributed by atoms with Gasteiger partial charge in [0.2, 0.25) is 0 Å². The van der Waals surface area contributed by atoms with Crippen LogP contribution in [0.25, 0.3) is 0 Å². The van der Waals surface area contributed by atoms with Crippen molar-refractivity contribution in [2.75, 3.05) is 6.61 Å². The van der Waals surface area contributed by atoms with Crippen molar-refractivity contribution in [1.82, 2.24) is 0 Å². The molecule has 0 bridgehead atoms. The first-order valence-electron chi connectivity index (χ1n) is 4.53. The Morgan fingerprint density at radius 2 is 1.62 bits per heavy atom. The Balaban J connectivity index is 3.47. The molecule has 7 nitrogen and oxygen atoms in total. The van der Waals surface area contributed by atoms with Crippen LogP contribution in [0.3, 0.4) is 0 Å². The Morgan fingerprint density at radius 1 is 1.19 bits per heavy atom. The van der Waals surface area contributed by atoms with Gasteiger partial charge in [0, 0.05) is 12.1 Å². The normalized spacial score (nSPS) is 9.88. The SMILES string of the molecule is CCOc1c([N+](=O)[O-])cc(C)cc1[N+](=O)[O-]. The molecule has 0 amide bonds. The molecule has 0 saturated heterocycles. The average molecular weight is 226 g/mol. The molecular formula is C9H10N2O5. The lowest BCUT2D eigenvalue weighted by Gasteiger charge is -2.05. The summed E-state index contributed by atoms with van der Waals surface area (Å²) >= 11 is 0. The third-order valence-corrected chi connectivity index (χ3v) is 1.88. The smallest absolute Gasteiger partial charge is 0.318 e. The van der Waals surface area contributed by atoms with Gasteiger partial charge in [-0.05, 0) is 19.4 Å². The van der Waals surface area contributed by atoms with Crippen molar-refractivity contribution in [1.29, 1.82) is 0 Å². The lowest BCUT2D eigenvalue weighted by molar-refractivity contribution is -0.396. The number of hydrogen-bond acceptors (Lipinski definition) is 5. The van der Waals surface area contributed by atoms with E-state index in [-0.39, 0.29) is 23.7 Å². The molecule has 0 radical (unpaired) electrons. The number of aryl methyl sites for hydroxylation is 1. The van der Waals surface area contributed by atoms with Crippen LogP contribution in [0.15, 0.2) is 12.1 Å². The van der Waals surface area contributed by atoms with E-state index in [0.29, 0.717) is 5.56 Å². The minimum absolute atomic E-state index is 0.130. The largest absolute Gasteiger partial charge is 0.482 e. The fourth-order valence-corrected chi connectivity index (χ4v) is 1.30. The number of nitro benzene ring substituents is 2.